The van der Waals surface area contributed by atoms with Crippen LogP contribution in [0, 0.1) is 0 Å². The first-order chi connectivity index (χ1) is 13.1. The summed E-state index contributed by atoms with van der Waals surface area (Å²) >= 11 is 0. The van der Waals surface area contributed by atoms with Crippen LogP contribution in [0.15, 0.2) is 65.3 Å². The van der Waals surface area contributed by atoms with Crippen molar-refractivity contribution < 1.29 is 9.21 Å². The fourth-order valence-corrected chi connectivity index (χ4v) is 3.70. The topological polar surface area (TPSA) is 59.2 Å². The highest BCUT2D eigenvalue weighted by Crippen LogP contribution is 2.34. The molecule has 3 aromatic rings. The van der Waals surface area contributed by atoms with Crippen molar-refractivity contribution in [3.8, 4) is 0 Å². The zero-order valence-corrected chi connectivity index (χ0v) is 15.5. The number of hydrogen-bond donors (Lipinski definition) is 0. The highest BCUT2D eigenvalue weighted by atomic mass is 16.4. The molecular formula is C22H23N3O2. The van der Waals surface area contributed by atoms with Gasteiger partial charge in [-0.15, -0.1) is 0 Å². The standard InChI is InChI=1S/C22H23N3O2/c1-22(21-24-15-18(27-21)14-17-8-3-2-4-9-17)11-7-13-25(16-22)20(26)19-10-5-6-12-23-19/h2-6,8-10,12,15H,7,11,13-14,16H2,1H3. The lowest BCUT2D eigenvalue weighted by atomic mass is 9.81. The number of benzene rings is 1. The molecular weight excluding hydrogens is 338 g/mol. The van der Waals surface area contributed by atoms with Gasteiger partial charge in [0.1, 0.15) is 11.5 Å². The molecule has 1 fully saturated rings. The van der Waals surface area contributed by atoms with E-state index in [9.17, 15) is 4.79 Å². The van der Waals surface area contributed by atoms with Gasteiger partial charge in [-0.1, -0.05) is 36.4 Å². The quantitative estimate of drug-likeness (QED) is 0.708. The minimum Gasteiger partial charge on any atom is -0.445 e. The number of rotatable bonds is 4. The molecule has 1 aliphatic rings. The number of nitrogens with zero attached hydrogens (tertiary/aromatic N) is 3. The molecule has 0 saturated carbocycles. The lowest BCUT2D eigenvalue weighted by Gasteiger charge is -2.38. The average molecular weight is 361 g/mol. The number of piperidine rings is 1. The Bertz CT molecular complexity index is 908. The molecule has 0 aliphatic carbocycles. The van der Waals surface area contributed by atoms with E-state index in [-0.39, 0.29) is 11.3 Å². The van der Waals surface area contributed by atoms with E-state index in [2.05, 4.69) is 29.0 Å². The van der Waals surface area contributed by atoms with Gasteiger partial charge >= 0.3 is 0 Å². The summed E-state index contributed by atoms with van der Waals surface area (Å²) in [4.78, 5) is 23.4. The smallest absolute Gasteiger partial charge is 0.272 e. The van der Waals surface area contributed by atoms with Crippen molar-refractivity contribution in [3.05, 3.63) is 83.8 Å². The third-order valence-electron chi connectivity index (χ3n) is 5.16. The van der Waals surface area contributed by atoms with E-state index in [1.54, 1.807) is 12.3 Å². The summed E-state index contributed by atoms with van der Waals surface area (Å²) in [6, 6.07) is 15.6. The maximum absolute atomic E-state index is 12.8. The number of oxazole rings is 1. The van der Waals surface area contributed by atoms with Crippen molar-refractivity contribution >= 4 is 5.91 Å². The van der Waals surface area contributed by atoms with Crippen LogP contribution in [-0.2, 0) is 11.8 Å². The number of pyridine rings is 1. The lowest BCUT2D eigenvalue weighted by molar-refractivity contribution is 0.0620. The van der Waals surface area contributed by atoms with Crippen LogP contribution in [-0.4, -0.2) is 33.9 Å². The normalized spacial score (nSPS) is 19.8. The average Bonchev–Trinajstić information content (AvgIpc) is 3.18. The molecule has 0 spiro atoms. The first kappa shape index (κ1) is 17.5. The van der Waals surface area contributed by atoms with Gasteiger partial charge in [0.15, 0.2) is 0 Å². The van der Waals surface area contributed by atoms with Crippen molar-refractivity contribution in [1.82, 2.24) is 14.9 Å². The van der Waals surface area contributed by atoms with Gasteiger partial charge in [0, 0.05) is 25.7 Å². The van der Waals surface area contributed by atoms with Gasteiger partial charge in [0.05, 0.1) is 11.6 Å². The predicted molar refractivity (Wildman–Crippen MR) is 102 cm³/mol. The van der Waals surface area contributed by atoms with Crippen LogP contribution < -0.4 is 0 Å². The van der Waals surface area contributed by atoms with Gasteiger partial charge in [-0.25, -0.2) is 4.98 Å². The van der Waals surface area contributed by atoms with Crippen LogP contribution in [0.3, 0.4) is 0 Å². The molecule has 138 valence electrons. The molecule has 1 amide bonds. The van der Waals surface area contributed by atoms with Crippen molar-refractivity contribution in [2.24, 2.45) is 0 Å². The minimum absolute atomic E-state index is 0.0300. The Hall–Kier alpha value is -2.95. The van der Waals surface area contributed by atoms with Crippen LogP contribution >= 0.6 is 0 Å². The fraction of sp³-hybridized carbons (Fsp3) is 0.318. The highest BCUT2D eigenvalue weighted by molar-refractivity contribution is 5.92. The summed E-state index contributed by atoms with van der Waals surface area (Å²) in [7, 11) is 0. The van der Waals surface area contributed by atoms with Gasteiger partial charge in [0.2, 0.25) is 5.89 Å². The van der Waals surface area contributed by atoms with Gasteiger partial charge < -0.3 is 9.32 Å². The van der Waals surface area contributed by atoms with Crippen molar-refractivity contribution in [2.45, 2.75) is 31.6 Å². The second-order valence-electron chi connectivity index (χ2n) is 7.40. The van der Waals surface area contributed by atoms with Crippen molar-refractivity contribution in [3.63, 3.8) is 0 Å². The number of carbonyl (C=O) groups excluding carboxylic acids is 1. The molecule has 3 heterocycles. The Labute approximate surface area is 159 Å². The molecule has 4 rings (SSSR count). The molecule has 1 aliphatic heterocycles. The van der Waals surface area contributed by atoms with E-state index in [0.29, 0.717) is 18.1 Å². The zero-order valence-electron chi connectivity index (χ0n) is 15.5. The second-order valence-corrected chi connectivity index (χ2v) is 7.40. The van der Waals surface area contributed by atoms with Crippen LogP contribution in [0.5, 0.6) is 0 Å². The zero-order chi connectivity index (χ0) is 18.7. The molecule has 5 heteroatoms. The molecule has 1 saturated heterocycles. The van der Waals surface area contributed by atoms with Gasteiger partial charge in [-0.05, 0) is 37.5 Å². The molecule has 5 nitrogen and oxygen atoms in total. The van der Waals surface area contributed by atoms with Gasteiger partial charge in [-0.2, -0.15) is 0 Å². The number of hydrogen-bond acceptors (Lipinski definition) is 4. The van der Waals surface area contributed by atoms with Crippen LogP contribution in [0.25, 0.3) is 0 Å². The minimum atomic E-state index is -0.280. The number of amides is 1. The van der Waals surface area contributed by atoms with Gasteiger partial charge in [0.25, 0.3) is 5.91 Å². The van der Waals surface area contributed by atoms with Crippen molar-refractivity contribution in [1.29, 1.82) is 0 Å². The molecule has 27 heavy (non-hydrogen) atoms. The third-order valence-corrected chi connectivity index (χ3v) is 5.16. The van der Waals surface area contributed by atoms with E-state index >= 15 is 0 Å². The first-order valence-electron chi connectivity index (χ1n) is 9.33. The van der Waals surface area contributed by atoms with Crippen LogP contribution in [0.2, 0.25) is 0 Å². The highest BCUT2D eigenvalue weighted by Gasteiger charge is 2.38. The summed E-state index contributed by atoms with van der Waals surface area (Å²) in [5, 5.41) is 0. The molecule has 0 bridgehead atoms. The summed E-state index contributed by atoms with van der Waals surface area (Å²) in [5.74, 6) is 1.54. The van der Waals surface area contributed by atoms with E-state index in [4.69, 9.17) is 4.42 Å². The summed E-state index contributed by atoms with van der Waals surface area (Å²) in [5.41, 5.74) is 1.40. The number of carbonyl (C=O) groups is 1. The summed E-state index contributed by atoms with van der Waals surface area (Å²) in [6.07, 6.45) is 6.06. The maximum Gasteiger partial charge on any atom is 0.272 e. The maximum atomic E-state index is 12.8. The summed E-state index contributed by atoms with van der Waals surface area (Å²) < 4.78 is 6.10. The predicted octanol–water partition coefficient (Wildman–Crippen LogP) is 3.85. The van der Waals surface area contributed by atoms with E-state index in [0.717, 1.165) is 31.6 Å². The van der Waals surface area contributed by atoms with E-state index < -0.39 is 0 Å². The Kier molecular flexibility index (Phi) is 4.75. The molecule has 1 aromatic carbocycles. The SMILES string of the molecule is CC1(c2ncc(Cc3ccccc3)o2)CCCN(C(=O)c2ccccn2)C1. The van der Waals surface area contributed by atoms with Gasteiger partial charge in [-0.3, -0.25) is 9.78 Å². The van der Waals surface area contributed by atoms with Crippen LogP contribution in [0.4, 0.5) is 0 Å². The molecule has 0 N–H and O–H groups in total. The Morgan fingerprint density at radius 1 is 1.15 bits per heavy atom. The summed E-state index contributed by atoms with van der Waals surface area (Å²) in [6.45, 7) is 3.46. The molecule has 2 aromatic heterocycles. The van der Waals surface area contributed by atoms with E-state index in [1.165, 1.54) is 5.56 Å². The lowest BCUT2D eigenvalue weighted by Crippen LogP contribution is -2.47. The first-order valence-corrected chi connectivity index (χ1v) is 9.33. The third kappa shape index (κ3) is 3.77. The number of aromatic nitrogens is 2. The van der Waals surface area contributed by atoms with Crippen LogP contribution in [0.1, 0.15) is 47.5 Å². The monoisotopic (exact) mass is 361 g/mol. The Morgan fingerprint density at radius 3 is 2.74 bits per heavy atom. The number of likely N-dealkylation sites (tertiary alicyclic amines) is 1. The molecule has 1 atom stereocenters. The molecule has 0 radical (unpaired) electrons. The fourth-order valence-electron chi connectivity index (χ4n) is 3.70. The Balaban J connectivity index is 1.50. The van der Waals surface area contributed by atoms with Crippen molar-refractivity contribution in [2.75, 3.05) is 13.1 Å². The van der Waals surface area contributed by atoms with E-state index in [1.807, 2.05) is 41.4 Å². The largest absolute Gasteiger partial charge is 0.445 e. The Morgan fingerprint density at radius 2 is 1.96 bits per heavy atom. The second kappa shape index (κ2) is 7.35. The molecule has 1 unspecified atom stereocenters.